The lowest BCUT2D eigenvalue weighted by molar-refractivity contribution is 0.887. The first-order chi connectivity index (χ1) is 9.81. The Labute approximate surface area is 122 Å². The quantitative estimate of drug-likeness (QED) is 0.797. The molecule has 2 aromatic carbocycles. The summed E-state index contributed by atoms with van der Waals surface area (Å²) < 4.78 is 1.85. The van der Waals surface area contributed by atoms with E-state index < -0.39 is 0 Å². The van der Waals surface area contributed by atoms with E-state index in [4.69, 9.17) is 17.3 Å². The Bertz CT molecular complexity index is 720. The van der Waals surface area contributed by atoms with Gasteiger partial charge in [0.2, 0.25) is 0 Å². The molecule has 0 fully saturated rings. The van der Waals surface area contributed by atoms with Crippen LogP contribution in [0.3, 0.4) is 0 Å². The van der Waals surface area contributed by atoms with Crippen LogP contribution < -0.4 is 5.73 Å². The topological polar surface area (TPSA) is 43.8 Å². The van der Waals surface area contributed by atoms with E-state index in [2.05, 4.69) is 5.10 Å². The molecule has 20 heavy (non-hydrogen) atoms. The number of aromatic nitrogens is 2. The van der Waals surface area contributed by atoms with Gasteiger partial charge < -0.3 is 5.73 Å². The van der Waals surface area contributed by atoms with Gasteiger partial charge in [-0.1, -0.05) is 54.1 Å². The molecule has 0 aliphatic carbocycles. The van der Waals surface area contributed by atoms with Crippen LogP contribution in [0.25, 0.3) is 16.9 Å². The Balaban J connectivity index is 2.24. The van der Waals surface area contributed by atoms with Crippen molar-refractivity contribution >= 4 is 11.6 Å². The smallest absolute Gasteiger partial charge is 0.0839 e. The third kappa shape index (κ3) is 2.22. The van der Waals surface area contributed by atoms with Gasteiger partial charge in [0.05, 0.1) is 22.6 Å². The predicted octanol–water partition coefficient (Wildman–Crippen LogP) is 3.65. The molecular formula is C16H14ClN3. The van der Waals surface area contributed by atoms with Gasteiger partial charge in [0.1, 0.15) is 0 Å². The molecule has 0 amide bonds. The molecule has 0 unspecified atom stereocenters. The molecule has 0 radical (unpaired) electrons. The molecule has 4 heteroatoms. The summed E-state index contributed by atoms with van der Waals surface area (Å²) in [5, 5.41) is 5.11. The third-order valence-electron chi connectivity index (χ3n) is 3.19. The summed E-state index contributed by atoms with van der Waals surface area (Å²) in [7, 11) is 0. The number of halogens is 1. The van der Waals surface area contributed by atoms with Crippen molar-refractivity contribution in [1.29, 1.82) is 0 Å². The van der Waals surface area contributed by atoms with Crippen LogP contribution in [0.2, 0.25) is 5.02 Å². The van der Waals surface area contributed by atoms with Crippen LogP contribution in [-0.2, 0) is 6.54 Å². The van der Waals surface area contributed by atoms with E-state index in [9.17, 15) is 0 Å². The third-order valence-corrected chi connectivity index (χ3v) is 3.51. The second-order valence-corrected chi connectivity index (χ2v) is 4.86. The fourth-order valence-corrected chi connectivity index (χ4v) is 2.46. The fraction of sp³-hybridized carbons (Fsp3) is 0.0625. The number of benzene rings is 2. The number of hydrogen-bond acceptors (Lipinski definition) is 2. The minimum absolute atomic E-state index is 0.439. The molecule has 2 N–H and O–H groups in total. The van der Waals surface area contributed by atoms with E-state index in [0.29, 0.717) is 11.6 Å². The largest absolute Gasteiger partial charge is 0.326 e. The molecule has 0 aliphatic heterocycles. The van der Waals surface area contributed by atoms with Crippen molar-refractivity contribution < 1.29 is 0 Å². The van der Waals surface area contributed by atoms with Gasteiger partial charge in [0, 0.05) is 17.7 Å². The van der Waals surface area contributed by atoms with E-state index >= 15 is 0 Å². The van der Waals surface area contributed by atoms with Gasteiger partial charge in [-0.25, -0.2) is 4.68 Å². The molecule has 1 aromatic heterocycles. The van der Waals surface area contributed by atoms with Crippen molar-refractivity contribution in [2.75, 3.05) is 0 Å². The lowest BCUT2D eigenvalue weighted by Gasteiger charge is -2.10. The van der Waals surface area contributed by atoms with Crippen LogP contribution >= 0.6 is 11.6 Å². The monoisotopic (exact) mass is 283 g/mol. The van der Waals surface area contributed by atoms with E-state index in [1.165, 1.54) is 0 Å². The van der Waals surface area contributed by atoms with Gasteiger partial charge in [-0.15, -0.1) is 0 Å². The van der Waals surface area contributed by atoms with Crippen molar-refractivity contribution in [2.24, 2.45) is 5.73 Å². The van der Waals surface area contributed by atoms with Crippen molar-refractivity contribution in [1.82, 2.24) is 9.78 Å². The van der Waals surface area contributed by atoms with Gasteiger partial charge in [0.25, 0.3) is 0 Å². The number of nitrogens with zero attached hydrogens (tertiary/aromatic N) is 2. The molecule has 3 nitrogen and oxygen atoms in total. The molecule has 3 rings (SSSR count). The molecule has 0 saturated heterocycles. The number of nitrogens with two attached hydrogens (primary N) is 1. The number of hydrogen-bond donors (Lipinski definition) is 1. The molecule has 0 bridgehead atoms. The highest BCUT2D eigenvalue weighted by Gasteiger charge is 2.14. The van der Waals surface area contributed by atoms with Crippen LogP contribution in [-0.4, -0.2) is 9.78 Å². The van der Waals surface area contributed by atoms with E-state index in [1.54, 1.807) is 6.20 Å². The Morgan fingerprint density at radius 3 is 2.40 bits per heavy atom. The van der Waals surface area contributed by atoms with Crippen molar-refractivity contribution in [2.45, 2.75) is 6.54 Å². The summed E-state index contributed by atoms with van der Waals surface area (Å²) >= 11 is 6.28. The second-order valence-electron chi connectivity index (χ2n) is 4.45. The minimum atomic E-state index is 0.439. The zero-order chi connectivity index (χ0) is 13.9. The van der Waals surface area contributed by atoms with Crippen LogP contribution in [0.4, 0.5) is 0 Å². The SMILES string of the molecule is NCc1cnn(-c2ccccc2Cl)c1-c1ccccc1. The van der Waals surface area contributed by atoms with E-state index in [0.717, 1.165) is 22.5 Å². The van der Waals surface area contributed by atoms with Crippen LogP contribution in [0.5, 0.6) is 0 Å². The molecule has 0 spiro atoms. The highest BCUT2D eigenvalue weighted by atomic mass is 35.5. The van der Waals surface area contributed by atoms with Gasteiger partial charge >= 0.3 is 0 Å². The zero-order valence-corrected chi connectivity index (χ0v) is 11.6. The lowest BCUT2D eigenvalue weighted by atomic mass is 10.1. The zero-order valence-electron chi connectivity index (χ0n) is 10.8. The van der Waals surface area contributed by atoms with Gasteiger partial charge in [0.15, 0.2) is 0 Å². The Kier molecular flexibility index (Phi) is 3.54. The molecule has 0 atom stereocenters. The molecule has 1 heterocycles. The first-order valence-corrected chi connectivity index (χ1v) is 6.76. The van der Waals surface area contributed by atoms with E-state index in [-0.39, 0.29) is 0 Å². The summed E-state index contributed by atoms with van der Waals surface area (Å²) in [6, 6.07) is 17.7. The summed E-state index contributed by atoms with van der Waals surface area (Å²) in [5.41, 5.74) is 9.74. The van der Waals surface area contributed by atoms with Crippen LogP contribution in [0, 0.1) is 0 Å². The highest BCUT2D eigenvalue weighted by molar-refractivity contribution is 6.32. The first kappa shape index (κ1) is 12.9. The van der Waals surface area contributed by atoms with Crippen molar-refractivity contribution in [3.05, 3.63) is 71.4 Å². The molecule has 100 valence electrons. The van der Waals surface area contributed by atoms with Gasteiger partial charge in [-0.05, 0) is 12.1 Å². The number of para-hydroxylation sites is 1. The molecule has 0 aliphatic rings. The normalized spacial score (nSPS) is 10.7. The Hall–Kier alpha value is -2.10. The maximum absolute atomic E-state index is 6.28. The van der Waals surface area contributed by atoms with E-state index in [1.807, 2.05) is 59.3 Å². The van der Waals surface area contributed by atoms with Crippen LogP contribution in [0.1, 0.15) is 5.56 Å². The summed E-state index contributed by atoms with van der Waals surface area (Å²) in [5.74, 6) is 0. The van der Waals surface area contributed by atoms with Gasteiger partial charge in [-0.3, -0.25) is 0 Å². The summed E-state index contributed by atoms with van der Waals surface area (Å²) in [4.78, 5) is 0. The fourth-order valence-electron chi connectivity index (χ4n) is 2.24. The average molecular weight is 284 g/mol. The Morgan fingerprint density at radius 1 is 1.00 bits per heavy atom. The number of rotatable bonds is 3. The van der Waals surface area contributed by atoms with Gasteiger partial charge in [-0.2, -0.15) is 5.10 Å². The predicted molar refractivity (Wildman–Crippen MR) is 81.9 cm³/mol. The average Bonchev–Trinajstić information content (AvgIpc) is 2.92. The standard InChI is InChI=1S/C16H14ClN3/c17-14-8-4-5-9-15(14)20-16(13(10-18)11-19-20)12-6-2-1-3-7-12/h1-9,11H,10,18H2. The maximum atomic E-state index is 6.28. The molecule has 0 saturated carbocycles. The molecule has 3 aromatic rings. The second kappa shape index (κ2) is 5.49. The molecular weight excluding hydrogens is 270 g/mol. The summed E-state index contributed by atoms with van der Waals surface area (Å²) in [6.45, 7) is 0.439. The lowest BCUT2D eigenvalue weighted by Crippen LogP contribution is -2.02. The Morgan fingerprint density at radius 2 is 1.70 bits per heavy atom. The highest BCUT2D eigenvalue weighted by Crippen LogP contribution is 2.29. The minimum Gasteiger partial charge on any atom is -0.326 e. The summed E-state index contributed by atoms with van der Waals surface area (Å²) in [6.07, 6.45) is 1.80. The first-order valence-electron chi connectivity index (χ1n) is 6.38. The van der Waals surface area contributed by atoms with Crippen LogP contribution in [0.15, 0.2) is 60.8 Å². The van der Waals surface area contributed by atoms with Crippen molar-refractivity contribution in [3.8, 4) is 16.9 Å². The van der Waals surface area contributed by atoms with Crippen molar-refractivity contribution in [3.63, 3.8) is 0 Å². The maximum Gasteiger partial charge on any atom is 0.0839 e.